The number of aliphatic hydroxyl groups is 1. The molecule has 0 fully saturated rings. The summed E-state index contributed by atoms with van der Waals surface area (Å²) in [5.41, 5.74) is 3.10. The van der Waals surface area contributed by atoms with Crippen LogP contribution in [0.5, 0.6) is 0 Å². The van der Waals surface area contributed by atoms with Crippen LogP contribution in [0.15, 0.2) is 23.3 Å². The molecule has 0 aliphatic carbocycles. The summed E-state index contributed by atoms with van der Waals surface area (Å²) in [5, 5.41) is 14.6. The molecule has 0 aromatic heterocycles. The summed E-state index contributed by atoms with van der Waals surface area (Å²) in [7, 11) is 0. The molecule has 0 aliphatic rings. The number of unbranched alkanes of at least 4 members (excludes halogenated alkanes) is 2. The van der Waals surface area contributed by atoms with Crippen LogP contribution in [0.1, 0.15) is 51.0 Å². The first kappa shape index (κ1) is 18.9. The molecule has 1 aromatic rings. The minimum absolute atomic E-state index is 0.226. The molecule has 1 unspecified atom stereocenters. The minimum Gasteiger partial charge on any atom is -0.393 e. The zero-order chi connectivity index (χ0) is 16.4. The zero-order valence-electron chi connectivity index (χ0n) is 12.7. The monoisotopic (exact) mass is 344 g/mol. The minimum atomic E-state index is -0.424. The summed E-state index contributed by atoms with van der Waals surface area (Å²) in [6, 6.07) is 5.03. The van der Waals surface area contributed by atoms with E-state index in [0.29, 0.717) is 22.0 Å². The summed E-state index contributed by atoms with van der Waals surface area (Å²) < 4.78 is 0. The smallest absolute Gasteiger partial charge is 0.240 e. The van der Waals surface area contributed by atoms with Crippen molar-refractivity contribution in [1.82, 2.24) is 5.43 Å². The molecule has 0 heterocycles. The van der Waals surface area contributed by atoms with Gasteiger partial charge in [-0.25, -0.2) is 5.43 Å². The van der Waals surface area contributed by atoms with Gasteiger partial charge in [-0.15, -0.1) is 0 Å². The van der Waals surface area contributed by atoms with Crippen LogP contribution in [0.4, 0.5) is 0 Å². The van der Waals surface area contributed by atoms with Crippen LogP contribution in [-0.2, 0) is 4.79 Å². The number of carbonyl (C=O) groups is 1. The van der Waals surface area contributed by atoms with Crippen molar-refractivity contribution in [2.45, 2.75) is 51.6 Å². The summed E-state index contributed by atoms with van der Waals surface area (Å²) in [5.74, 6) is -0.226. The number of hydrazone groups is 1. The quantitative estimate of drug-likeness (QED) is 0.401. The lowest BCUT2D eigenvalue weighted by Gasteiger charge is -2.08. The van der Waals surface area contributed by atoms with Gasteiger partial charge in [-0.2, -0.15) is 5.10 Å². The van der Waals surface area contributed by atoms with Gasteiger partial charge < -0.3 is 5.11 Å². The van der Waals surface area contributed by atoms with E-state index in [2.05, 4.69) is 17.5 Å². The number of nitrogens with zero attached hydrogens (tertiary/aromatic N) is 1. The maximum atomic E-state index is 11.6. The predicted octanol–water partition coefficient (Wildman–Crippen LogP) is 4.16. The van der Waals surface area contributed by atoms with Crippen LogP contribution in [0.25, 0.3) is 0 Å². The van der Waals surface area contributed by atoms with Crippen LogP contribution in [0.2, 0.25) is 10.0 Å². The van der Waals surface area contributed by atoms with E-state index < -0.39 is 6.10 Å². The van der Waals surface area contributed by atoms with Crippen LogP contribution >= 0.6 is 23.2 Å². The Bertz CT molecular complexity index is 507. The third kappa shape index (κ3) is 7.78. The number of nitrogens with one attached hydrogen (secondary N) is 1. The highest BCUT2D eigenvalue weighted by atomic mass is 35.5. The number of rotatable bonds is 9. The van der Waals surface area contributed by atoms with Crippen LogP contribution in [0.3, 0.4) is 0 Å². The summed E-state index contributed by atoms with van der Waals surface area (Å²) in [4.78, 5) is 11.6. The van der Waals surface area contributed by atoms with Crippen molar-refractivity contribution in [1.29, 1.82) is 0 Å². The molecule has 0 saturated heterocycles. The van der Waals surface area contributed by atoms with Gasteiger partial charge in [0.25, 0.3) is 0 Å². The Hall–Kier alpha value is -1.10. The molecule has 0 spiro atoms. The Morgan fingerprint density at radius 2 is 2.14 bits per heavy atom. The zero-order valence-corrected chi connectivity index (χ0v) is 14.2. The number of hydrogen-bond donors (Lipinski definition) is 2. The lowest BCUT2D eigenvalue weighted by molar-refractivity contribution is -0.121. The highest BCUT2D eigenvalue weighted by Gasteiger charge is 2.07. The fraction of sp³-hybridized carbons (Fsp3) is 0.500. The van der Waals surface area contributed by atoms with Crippen molar-refractivity contribution in [2.75, 3.05) is 0 Å². The maximum absolute atomic E-state index is 11.6. The number of carbonyl (C=O) groups excluding carboxylic acids is 1. The van der Waals surface area contributed by atoms with Gasteiger partial charge in [0.05, 0.1) is 17.3 Å². The molecule has 1 rings (SSSR count). The number of benzene rings is 1. The van der Waals surface area contributed by atoms with E-state index in [0.717, 1.165) is 25.7 Å². The highest BCUT2D eigenvalue weighted by molar-refractivity contribution is 6.36. The average molecular weight is 345 g/mol. The maximum Gasteiger partial charge on any atom is 0.240 e. The summed E-state index contributed by atoms with van der Waals surface area (Å²) >= 11 is 11.8. The molecule has 0 saturated carbocycles. The van der Waals surface area contributed by atoms with E-state index in [1.54, 1.807) is 18.2 Å². The normalized spacial score (nSPS) is 12.5. The molecule has 2 N–H and O–H groups in total. The Kier molecular flexibility index (Phi) is 9.13. The Morgan fingerprint density at radius 3 is 2.82 bits per heavy atom. The van der Waals surface area contributed by atoms with Gasteiger partial charge >= 0.3 is 0 Å². The molecule has 22 heavy (non-hydrogen) atoms. The molecule has 122 valence electrons. The molecule has 0 aliphatic heterocycles. The van der Waals surface area contributed by atoms with Crippen molar-refractivity contribution in [3.8, 4) is 0 Å². The van der Waals surface area contributed by atoms with Gasteiger partial charge in [0.1, 0.15) is 0 Å². The van der Waals surface area contributed by atoms with E-state index in [9.17, 15) is 9.90 Å². The van der Waals surface area contributed by atoms with Crippen molar-refractivity contribution in [3.05, 3.63) is 33.8 Å². The number of amides is 1. The number of halogens is 2. The predicted molar refractivity (Wildman–Crippen MR) is 91.6 cm³/mol. The molecule has 4 nitrogen and oxygen atoms in total. The SMILES string of the molecule is CCCCCC(O)CCC(=O)N/N=C/c1ccc(Cl)cc1Cl. The molecular weight excluding hydrogens is 323 g/mol. The molecule has 1 amide bonds. The van der Waals surface area contributed by atoms with Gasteiger partial charge in [-0.05, 0) is 25.0 Å². The van der Waals surface area contributed by atoms with Crippen LogP contribution in [0, 0.1) is 0 Å². The first-order chi connectivity index (χ1) is 10.5. The van der Waals surface area contributed by atoms with Gasteiger partial charge in [0.2, 0.25) is 5.91 Å². The Balaban J connectivity index is 2.29. The second-order valence-electron chi connectivity index (χ2n) is 5.15. The van der Waals surface area contributed by atoms with Crippen LogP contribution < -0.4 is 5.43 Å². The van der Waals surface area contributed by atoms with E-state index in [1.807, 2.05) is 0 Å². The van der Waals surface area contributed by atoms with Gasteiger partial charge in [0, 0.05) is 17.0 Å². The summed E-state index contributed by atoms with van der Waals surface area (Å²) in [6.45, 7) is 2.12. The second-order valence-corrected chi connectivity index (χ2v) is 5.99. The lowest BCUT2D eigenvalue weighted by atomic mass is 10.1. The van der Waals surface area contributed by atoms with Crippen LogP contribution in [-0.4, -0.2) is 23.3 Å². The lowest BCUT2D eigenvalue weighted by Crippen LogP contribution is -2.19. The molecule has 1 atom stereocenters. The van der Waals surface area contributed by atoms with Crippen molar-refractivity contribution in [2.24, 2.45) is 5.10 Å². The van der Waals surface area contributed by atoms with Crippen molar-refractivity contribution < 1.29 is 9.90 Å². The van der Waals surface area contributed by atoms with Gasteiger partial charge in [-0.3, -0.25) is 4.79 Å². The van der Waals surface area contributed by atoms with E-state index in [-0.39, 0.29) is 12.3 Å². The number of hydrogen-bond acceptors (Lipinski definition) is 3. The molecule has 0 bridgehead atoms. The molecule has 0 radical (unpaired) electrons. The molecular formula is C16H22Cl2N2O2. The second kappa shape index (κ2) is 10.6. The fourth-order valence-electron chi connectivity index (χ4n) is 1.91. The summed E-state index contributed by atoms with van der Waals surface area (Å²) in [6.07, 6.45) is 5.70. The first-order valence-electron chi connectivity index (χ1n) is 7.48. The first-order valence-corrected chi connectivity index (χ1v) is 8.23. The highest BCUT2D eigenvalue weighted by Crippen LogP contribution is 2.19. The van der Waals surface area contributed by atoms with Crippen molar-refractivity contribution >= 4 is 35.3 Å². The Labute approximate surface area is 141 Å². The largest absolute Gasteiger partial charge is 0.393 e. The topological polar surface area (TPSA) is 61.7 Å². The van der Waals surface area contributed by atoms with E-state index in [1.165, 1.54) is 6.21 Å². The van der Waals surface area contributed by atoms with Gasteiger partial charge in [0.15, 0.2) is 0 Å². The van der Waals surface area contributed by atoms with Gasteiger partial charge in [-0.1, -0.05) is 55.5 Å². The fourth-order valence-corrected chi connectivity index (χ4v) is 2.37. The standard InChI is InChI=1S/C16H22Cl2N2O2/c1-2-3-4-5-14(21)8-9-16(22)20-19-11-12-6-7-13(17)10-15(12)18/h6-7,10-11,14,21H,2-5,8-9H2,1H3,(H,20,22)/b19-11+. The van der Waals surface area contributed by atoms with E-state index in [4.69, 9.17) is 23.2 Å². The molecule has 6 heteroatoms. The Morgan fingerprint density at radius 1 is 1.36 bits per heavy atom. The van der Waals surface area contributed by atoms with E-state index >= 15 is 0 Å². The van der Waals surface area contributed by atoms with Crippen molar-refractivity contribution in [3.63, 3.8) is 0 Å². The third-order valence-corrected chi connectivity index (χ3v) is 3.76. The average Bonchev–Trinajstić information content (AvgIpc) is 2.47. The number of aliphatic hydroxyl groups excluding tert-OH is 1. The third-order valence-electron chi connectivity index (χ3n) is 3.20. The molecule has 1 aromatic carbocycles.